The van der Waals surface area contributed by atoms with E-state index in [1.54, 1.807) is 28.9 Å². The van der Waals surface area contributed by atoms with Crippen molar-refractivity contribution >= 4 is 40.1 Å². The highest BCUT2D eigenvalue weighted by molar-refractivity contribution is 7.99. The van der Waals surface area contributed by atoms with Crippen LogP contribution in [0.4, 0.5) is 10.1 Å². The third-order valence-corrected chi connectivity index (χ3v) is 5.36. The van der Waals surface area contributed by atoms with Crippen LogP contribution in [0, 0.1) is 0 Å². The van der Waals surface area contributed by atoms with Gasteiger partial charge in [-0.1, -0.05) is 41.7 Å². The number of nitrogens with zero attached hydrogens (tertiary/aromatic N) is 3. The zero-order valence-corrected chi connectivity index (χ0v) is 16.2. The van der Waals surface area contributed by atoms with Crippen molar-refractivity contribution in [2.24, 2.45) is 5.73 Å². The average molecular weight is 391 g/mol. The third-order valence-electron chi connectivity index (χ3n) is 4.21. The zero-order valence-electron chi connectivity index (χ0n) is 14.6. The summed E-state index contributed by atoms with van der Waals surface area (Å²) in [6, 6.07) is 9.82. The quantitative estimate of drug-likeness (QED) is 0.609. The van der Waals surface area contributed by atoms with Crippen molar-refractivity contribution in [3.63, 3.8) is 0 Å². The topological polar surface area (TPSA) is 47.1 Å². The van der Waals surface area contributed by atoms with E-state index < -0.39 is 0 Å². The van der Waals surface area contributed by atoms with E-state index in [1.165, 1.54) is 6.08 Å². The Bertz CT molecular complexity index is 954. The molecule has 7 heteroatoms. The summed E-state index contributed by atoms with van der Waals surface area (Å²) in [6.45, 7) is 0.205. The van der Waals surface area contributed by atoms with Gasteiger partial charge in [0, 0.05) is 42.6 Å². The first-order valence-electron chi connectivity index (χ1n) is 8.11. The van der Waals surface area contributed by atoms with Gasteiger partial charge in [-0.05, 0) is 18.2 Å². The van der Waals surface area contributed by atoms with E-state index in [4.69, 9.17) is 17.3 Å². The molecule has 0 spiro atoms. The molecule has 2 aromatic heterocycles. The summed E-state index contributed by atoms with van der Waals surface area (Å²) < 4.78 is 17.9. The predicted octanol–water partition coefficient (Wildman–Crippen LogP) is 4.88. The minimum atomic E-state index is -0.310. The second-order valence-electron chi connectivity index (χ2n) is 5.77. The predicted molar refractivity (Wildman–Crippen MR) is 110 cm³/mol. The molecule has 0 amide bonds. The van der Waals surface area contributed by atoms with Crippen LogP contribution in [0.2, 0.25) is 5.15 Å². The van der Waals surface area contributed by atoms with E-state index in [0.717, 1.165) is 27.7 Å². The molecule has 1 aromatic carbocycles. The Labute approximate surface area is 161 Å². The maximum absolute atomic E-state index is 14.1. The van der Waals surface area contributed by atoms with Crippen LogP contribution in [-0.4, -0.2) is 29.4 Å². The Kier molecular flexibility index (Phi) is 5.86. The Hall–Kier alpha value is -2.02. The van der Waals surface area contributed by atoms with Crippen molar-refractivity contribution in [3.05, 3.63) is 59.8 Å². The van der Waals surface area contributed by atoms with Crippen molar-refractivity contribution in [3.8, 4) is 11.1 Å². The molecule has 136 valence electrons. The van der Waals surface area contributed by atoms with E-state index in [1.807, 2.05) is 47.9 Å². The summed E-state index contributed by atoms with van der Waals surface area (Å²) in [7, 11) is 1.98. The Balaban J connectivity index is 2.18. The van der Waals surface area contributed by atoms with Crippen LogP contribution in [0.5, 0.6) is 0 Å². The summed E-state index contributed by atoms with van der Waals surface area (Å²) in [6.07, 6.45) is 6.94. The molecule has 0 fully saturated rings. The molecule has 2 N–H and O–H groups in total. The molecular formula is C19H20ClFN4S. The number of benzene rings is 1. The van der Waals surface area contributed by atoms with Gasteiger partial charge < -0.3 is 14.6 Å². The highest BCUT2D eigenvalue weighted by Gasteiger charge is 2.18. The first-order valence-corrected chi connectivity index (χ1v) is 9.67. The molecule has 0 aliphatic heterocycles. The molecule has 2 heterocycles. The second-order valence-corrected chi connectivity index (χ2v) is 7.04. The van der Waals surface area contributed by atoms with E-state index in [2.05, 4.69) is 4.98 Å². The molecular weight excluding hydrogens is 371 g/mol. The summed E-state index contributed by atoms with van der Waals surface area (Å²) in [5.41, 5.74) is 9.00. The van der Waals surface area contributed by atoms with Gasteiger partial charge in [0.1, 0.15) is 11.0 Å². The van der Waals surface area contributed by atoms with Crippen molar-refractivity contribution in [1.29, 1.82) is 0 Å². The number of hydrogen-bond donors (Lipinski definition) is 1. The summed E-state index contributed by atoms with van der Waals surface area (Å²) in [5.74, 6) is -0.310. The van der Waals surface area contributed by atoms with Crippen LogP contribution in [0.1, 0.15) is 0 Å². The van der Waals surface area contributed by atoms with Gasteiger partial charge in [-0.2, -0.15) is 0 Å². The van der Waals surface area contributed by atoms with Gasteiger partial charge >= 0.3 is 0 Å². The molecule has 3 rings (SSSR count). The van der Waals surface area contributed by atoms with Crippen molar-refractivity contribution in [1.82, 2.24) is 9.55 Å². The number of allylic oxidation sites excluding steroid dienone is 1. The van der Waals surface area contributed by atoms with Gasteiger partial charge in [-0.15, -0.1) is 0 Å². The molecule has 0 saturated heterocycles. The van der Waals surface area contributed by atoms with Crippen LogP contribution in [0.3, 0.4) is 0 Å². The normalized spacial score (nSPS) is 12.0. The largest absolute Gasteiger partial charge is 0.327 e. The van der Waals surface area contributed by atoms with Crippen LogP contribution in [-0.2, 0) is 6.54 Å². The van der Waals surface area contributed by atoms with Crippen LogP contribution in [0.25, 0.3) is 22.0 Å². The van der Waals surface area contributed by atoms with Gasteiger partial charge in [0.05, 0.1) is 23.9 Å². The van der Waals surface area contributed by atoms with Gasteiger partial charge in [-0.25, -0.2) is 4.39 Å². The van der Waals surface area contributed by atoms with Crippen molar-refractivity contribution in [2.45, 2.75) is 6.54 Å². The monoisotopic (exact) mass is 390 g/mol. The standard InChI is InChI=1S/C19H20ClFN4S/c1-24(26-2)15-9-13(10-23-11-15)18-16-5-3-4-6-17(16)25(19(18)20)12-14(21)7-8-22/h3-7,9-11H,8,12,22H2,1-2H3/b14-7-. The lowest BCUT2D eigenvalue weighted by atomic mass is 10.1. The second kappa shape index (κ2) is 8.12. The molecule has 0 aliphatic rings. The fraction of sp³-hybridized carbons (Fsp3) is 0.211. The number of hydrogen-bond acceptors (Lipinski definition) is 4. The molecule has 0 unspecified atom stereocenters. The van der Waals surface area contributed by atoms with Gasteiger partial charge in [0.2, 0.25) is 0 Å². The average Bonchev–Trinajstić information content (AvgIpc) is 2.93. The number of fused-ring (bicyclic) bond motifs is 1. The summed E-state index contributed by atoms with van der Waals surface area (Å²) in [4.78, 5) is 4.35. The summed E-state index contributed by atoms with van der Waals surface area (Å²) >= 11 is 8.28. The van der Waals surface area contributed by atoms with Crippen LogP contribution < -0.4 is 10.0 Å². The lowest BCUT2D eigenvalue weighted by Crippen LogP contribution is -2.05. The fourth-order valence-electron chi connectivity index (χ4n) is 2.89. The van der Waals surface area contributed by atoms with Crippen LogP contribution in [0.15, 0.2) is 54.6 Å². The highest BCUT2D eigenvalue weighted by Crippen LogP contribution is 2.39. The Morgan fingerprint density at radius 3 is 2.88 bits per heavy atom. The Morgan fingerprint density at radius 1 is 1.38 bits per heavy atom. The fourth-order valence-corrected chi connectivity index (χ4v) is 3.56. The highest BCUT2D eigenvalue weighted by atomic mass is 35.5. The van der Waals surface area contributed by atoms with Crippen molar-refractivity contribution < 1.29 is 4.39 Å². The molecule has 0 radical (unpaired) electrons. The van der Waals surface area contributed by atoms with Gasteiger partial charge in [0.15, 0.2) is 0 Å². The summed E-state index contributed by atoms with van der Waals surface area (Å²) in [5, 5.41) is 1.45. The van der Waals surface area contributed by atoms with Gasteiger partial charge in [0.25, 0.3) is 0 Å². The number of rotatable bonds is 6. The molecule has 4 nitrogen and oxygen atoms in total. The molecule has 3 aromatic rings. The van der Waals surface area contributed by atoms with Crippen molar-refractivity contribution in [2.75, 3.05) is 24.2 Å². The number of anilines is 1. The Morgan fingerprint density at radius 2 is 2.15 bits per heavy atom. The maximum Gasteiger partial charge on any atom is 0.118 e. The molecule has 26 heavy (non-hydrogen) atoms. The first-order chi connectivity index (χ1) is 12.6. The third kappa shape index (κ3) is 3.58. The number of aromatic nitrogens is 2. The smallest absolute Gasteiger partial charge is 0.118 e. The SMILES string of the molecule is CSN(C)c1cncc(-c2c(Cl)n(C/C(F)=C/CN)c3ccccc23)c1. The van der Waals surface area contributed by atoms with E-state index >= 15 is 0 Å². The molecule has 0 saturated carbocycles. The molecule has 0 bridgehead atoms. The first kappa shape index (κ1) is 18.8. The zero-order chi connectivity index (χ0) is 18.7. The van der Waals surface area contributed by atoms with E-state index in [0.29, 0.717) is 5.15 Å². The lowest BCUT2D eigenvalue weighted by Gasteiger charge is -2.15. The minimum absolute atomic E-state index is 0.0500. The number of nitrogens with two attached hydrogens (primary N) is 1. The van der Waals surface area contributed by atoms with E-state index in [9.17, 15) is 4.39 Å². The maximum atomic E-state index is 14.1. The van der Waals surface area contributed by atoms with Crippen LogP contribution >= 0.6 is 23.5 Å². The number of pyridine rings is 1. The molecule has 0 aliphatic carbocycles. The minimum Gasteiger partial charge on any atom is -0.327 e. The van der Waals surface area contributed by atoms with Gasteiger partial charge in [-0.3, -0.25) is 4.98 Å². The lowest BCUT2D eigenvalue weighted by molar-refractivity contribution is 0.560. The molecule has 0 atom stereocenters. The number of halogens is 2. The number of para-hydroxylation sites is 1. The van der Waals surface area contributed by atoms with E-state index in [-0.39, 0.29) is 18.9 Å².